The highest BCUT2D eigenvalue weighted by molar-refractivity contribution is 7.92. The van der Waals surface area contributed by atoms with Crippen molar-refractivity contribution >= 4 is 9.84 Å². The van der Waals surface area contributed by atoms with E-state index >= 15 is 0 Å². The molecule has 0 bridgehead atoms. The van der Waals surface area contributed by atoms with Crippen LogP contribution in [0.2, 0.25) is 0 Å². The van der Waals surface area contributed by atoms with Gasteiger partial charge < -0.3 is 5.11 Å². The summed E-state index contributed by atoms with van der Waals surface area (Å²) in [6, 6.07) is 8.47. The molecule has 0 heterocycles. The molecule has 3 atom stereocenters. The molecule has 4 heteroatoms. The third-order valence-corrected chi connectivity index (χ3v) is 6.62. The molecule has 0 aromatic heterocycles. The zero-order valence-electron chi connectivity index (χ0n) is 9.54. The molecule has 0 spiro atoms. The standard InChI is InChI=1S/C13H16O3S/c14-13-8-4-5-10(13)9-12(13)17(15,16)11-6-2-1-3-7-11/h1-3,6-7,10,12,14H,4-5,8-9H2/t10-,12-,13+/m0/s1. The lowest BCUT2D eigenvalue weighted by atomic mass is 9.71. The zero-order valence-corrected chi connectivity index (χ0v) is 10.4. The molecule has 92 valence electrons. The largest absolute Gasteiger partial charge is 0.388 e. The molecule has 1 aromatic carbocycles. The molecule has 2 aliphatic carbocycles. The van der Waals surface area contributed by atoms with Gasteiger partial charge in [-0.1, -0.05) is 24.6 Å². The summed E-state index contributed by atoms with van der Waals surface area (Å²) in [4.78, 5) is 0.337. The highest BCUT2D eigenvalue weighted by atomic mass is 32.2. The van der Waals surface area contributed by atoms with Gasteiger partial charge in [0.1, 0.15) is 0 Å². The number of benzene rings is 1. The van der Waals surface area contributed by atoms with E-state index in [-0.39, 0.29) is 5.92 Å². The Labute approximate surface area is 101 Å². The van der Waals surface area contributed by atoms with E-state index in [9.17, 15) is 13.5 Å². The molecular weight excluding hydrogens is 236 g/mol. The van der Waals surface area contributed by atoms with E-state index in [1.54, 1.807) is 30.3 Å². The van der Waals surface area contributed by atoms with Gasteiger partial charge >= 0.3 is 0 Å². The van der Waals surface area contributed by atoms with E-state index < -0.39 is 20.7 Å². The number of fused-ring (bicyclic) bond motifs is 1. The summed E-state index contributed by atoms with van der Waals surface area (Å²) in [5.41, 5.74) is -0.950. The van der Waals surface area contributed by atoms with Crippen LogP contribution >= 0.6 is 0 Å². The summed E-state index contributed by atoms with van der Waals surface area (Å²) in [6.07, 6.45) is 3.17. The maximum atomic E-state index is 12.4. The van der Waals surface area contributed by atoms with Crippen LogP contribution in [-0.4, -0.2) is 24.4 Å². The summed E-state index contributed by atoms with van der Waals surface area (Å²) >= 11 is 0. The van der Waals surface area contributed by atoms with Crippen molar-refractivity contribution in [2.45, 2.75) is 41.4 Å². The summed E-state index contributed by atoms with van der Waals surface area (Å²) < 4.78 is 24.8. The van der Waals surface area contributed by atoms with Gasteiger partial charge in [0.15, 0.2) is 9.84 Å². The zero-order chi connectivity index (χ0) is 12.1. The Hall–Kier alpha value is -0.870. The second-order valence-electron chi connectivity index (χ2n) is 5.16. The van der Waals surface area contributed by atoms with Crippen LogP contribution < -0.4 is 0 Å². The average molecular weight is 252 g/mol. The van der Waals surface area contributed by atoms with Crippen LogP contribution in [0.4, 0.5) is 0 Å². The maximum Gasteiger partial charge on any atom is 0.184 e. The molecule has 1 aromatic rings. The van der Waals surface area contributed by atoms with E-state index in [2.05, 4.69) is 0 Å². The predicted molar refractivity (Wildman–Crippen MR) is 64.3 cm³/mol. The van der Waals surface area contributed by atoms with Gasteiger partial charge in [-0.3, -0.25) is 0 Å². The highest BCUT2D eigenvalue weighted by Gasteiger charge is 2.61. The molecule has 3 nitrogen and oxygen atoms in total. The number of sulfone groups is 1. The monoisotopic (exact) mass is 252 g/mol. The van der Waals surface area contributed by atoms with Crippen molar-refractivity contribution < 1.29 is 13.5 Å². The SMILES string of the molecule is O=S(=O)(c1ccccc1)[C@H]1C[C@@H]2CCC[C@@]21O. The molecule has 0 unspecified atom stereocenters. The topological polar surface area (TPSA) is 54.4 Å². The molecular formula is C13H16O3S. The van der Waals surface area contributed by atoms with Crippen LogP contribution in [0, 0.1) is 5.92 Å². The van der Waals surface area contributed by atoms with Crippen LogP contribution in [0.3, 0.4) is 0 Å². The number of rotatable bonds is 2. The molecule has 0 radical (unpaired) electrons. The van der Waals surface area contributed by atoms with Gasteiger partial charge in [-0.05, 0) is 37.3 Å². The molecule has 2 fully saturated rings. The lowest BCUT2D eigenvalue weighted by Gasteiger charge is -2.47. The minimum atomic E-state index is -3.36. The molecule has 0 aliphatic heterocycles. The van der Waals surface area contributed by atoms with Crippen LogP contribution in [0.5, 0.6) is 0 Å². The molecule has 1 N–H and O–H groups in total. The van der Waals surface area contributed by atoms with Gasteiger partial charge in [0.2, 0.25) is 0 Å². The average Bonchev–Trinajstić information content (AvgIpc) is 2.58. The second kappa shape index (κ2) is 3.56. The fourth-order valence-electron chi connectivity index (χ4n) is 3.30. The first-order valence-corrected chi connectivity index (χ1v) is 7.61. The normalized spacial score (nSPS) is 36.3. The van der Waals surface area contributed by atoms with Gasteiger partial charge in [0.05, 0.1) is 15.7 Å². The van der Waals surface area contributed by atoms with Gasteiger partial charge in [0.25, 0.3) is 0 Å². The maximum absolute atomic E-state index is 12.4. The summed E-state index contributed by atoms with van der Waals surface area (Å²) in [6.45, 7) is 0. The molecule has 2 aliphatic rings. The highest BCUT2D eigenvalue weighted by Crippen LogP contribution is 2.54. The minimum Gasteiger partial charge on any atom is -0.388 e. The van der Waals surface area contributed by atoms with Crippen molar-refractivity contribution in [3.05, 3.63) is 30.3 Å². The van der Waals surface area contributed by atoms with E-state index in [1.807, 2.05) is 0 Å². The molecule has 17 heavy (non-hydrogen) atoms. The Balaban J connectivity index is 1.96. The Morgan fingerprint density at radius 1 is 1.24 bits per heavy atom. The summed E-state index contributed by atoms with van der Waals surface area (Å²) in [5.74, 6) is 0.200. The van der Waals surface area contributed by atoms with Gasteiger partial charge in [0, 0.05) is 0 Å². The fourth-order valence-corrected chi connectivity index (χ4v) is 5.50. The second-order valence-corrected chi connectivity index (χ2v) is 7.29. The van der Waals surface area contributed by atoms with Crippen molar-refractivity contribution in [3.8, 4) is 0 Å². The van der Waals surface area contributed by atoms with Gasteiger partial charge in [-0.15, -0.1) is 0 Å². The van der Waals surface area contributed by atoms with Crippen molar-refractivity contribution in [2.75, 3.05) is 0 Å². The quantitative estimate of drug-likeness (QED) is 0.872. The first-order chi connectivity index (χ1) is 8.05. The van der Waals surface area contributed by atoms with Crippen LogP contribution in [-0.2, 0) is 9.84 Å². The smallest absolute Gasteiger partial charge is 0.184 e. The number of aliphatic hydroxyl groups is 1. The Kier molecular flexibility index (Phi) is 2.35. The molecule has 2 saturated carbocycles. The van der Waals surface area contributed by atoms with Gasteiger partial charge in [-0.2, -0.15) is 0 Å². The summed E-state index contributed by atoms with van der Waals surface area (Å²) in [5, 5.41) is 9.83. The van der Waals surface area contributed by atoms with Gasteiger partial charge in [-0.25, -0.2) is 8.42 Å². The lowest BCUT2D eigenvalue weighted by Crippen LogP contribution is -2.59. The van der Waals surface area contributed by atoms with E-state index in [1.165, 1.54) is 0 Å². The van der Waals surface area contributed by atoms with Crippen molar-refractivity contribution in [1.82, 2.24) is 0 Å². The summed E-state index contributed by atoms with van der Waals surface area (Å²) in [7, 11) is -3.36. The van der Waals surface area contributed by atoms with Crippen LogP contribution in [0.1, 0.15) is 25.7 Å². The predicted octanol–water partition coefficient (Wildman–Crippen LogP) is 1.76. The third-order valence-electron chi connectivity index (χ3n) is 4.34. The van der Waals surface area contributed by atoms with E-state index in [0.717, 1.165) is 12.8 Å². The molecule has 0 saturated heterocycles. The minimum absolute atomic E-state index is 0.200. The Morgan fingerprint density at radius 2 is 1.94 bits per heavy atom. The number of hydrogen-bond donors (Lipinski definition) is 1. The van der Waals surface area contributed by atoms with Crippen LogP contribution in [0.25, 0.3) is 0 Å². The van der Waals surface area contributed by atoms with Crippen molar-refractivity contribution in [3.63, 3.8) is 0 Å². The third kappa shape index (κ3) is 1.47. The van der Waals surface area contributed by atoms with E-state index in [4.69, 9.17) is 0 Å². The van der Waals surface area contributed by atoms with E-state index in [0.29, 0.717) is 17.7 Å². The first kappa shape index (κ1) is 11.2. The molecule has 3 rings (SSSR count). The van der Waals surface area contributed by atoms with Crippen LogP contribution in [0.15, 0.2) is 35.2 Å². The Bertz CT molecular complexity index is 523. The molecule has 0 amide bonds. The van der Waals surface area contributed by atoms with Crippen molar-refractivity contribution in [1.29, 1.82) is 0 Å². The fraction of sp³-hybridized carbons (Fsp3) is 0.538. The lowest BCUT2D eigenvalue weighted by molar-refractivity contribution is -0.0660. The number of hydrogen-bond acceptors (Lipinski definition) is 3. The van der Waals surface area contributed by atoms with Crippen molar-refractivity contribution in [2.24, 2.45) is 5.92 Å². The first-order valence-electron chi connectivity index (χ1n) is 6.06. The Morgan fingerprint density at radius 3 is 2.59 bits per heavy atom.